The van der Waals surface area contributed by atoms with Gasteiger partial charge in [-0.15, -0.1) is 6.42 Å². The van der Waals surface area contributed by atoms with Crippen LogP contribution in [0, 0.1) is 18.2 Å². The Kier molecular flexibility index (Phi) is 5.02. The summed E-state index contributed by atoms with van der Waals surface area (Å²) in [7, 11) is 1.45. The summed E-state index contributed by atoms with van der Waals surface area (Å²) >= 11 is 0. The van der Waals surface area contributed by atoms with E-state index in [4.69, 9.17) is 15.9 Å². The minimum absolute atomic E-state index is 0.220. The first-order valence-corrected chi connectivity index (χ1v) is 7.95. The van der Waals surface area contributed by atoms with E-state index >= 15 is 0 Å². The highest BCUT2D eigenvalue weighted by Gasteiger charge is 2.16. The van der Waals surface area contributed by atoms with Gasteiger partial charge in [-0.1, -0.05) is 24.1 Å². The second-order valence-electron chi connectivity index (χ2n) is 5.68. The maximum Gasteiger partial charge on any atom is 0.165 e. The van der Waals surface area contributed by atoms with Crippen molar-refractivity contribution in [2.24, 2.45) is 0 Å². The predicted molar refractivity (Wildman–Crippen MR) is 93.1 cm³/mol. The lowest BCUT2D eigenvalue weighted by Crippen LogP contribution is -2.36. The van der Waals surface area contributed by atoms with E-state index in [0.717, 1.165) is 43.1 Å². The highest BCUT2D eigenvalue weighted by Crippen LogP contribution is 2.29. The average Bonchev–Trinajstić information content (AvgIpc) is 2.64. The van der Waals surface area contributed by atoms with Gasteiger partial charge in [-0.3, -0.25) is 0 Å². The fraction of sp³-hybridized carbons (Fsp3) is 0.300. The van der Waals surface area contributed by atoms with Crippen molar-refractivity contribution >= 4 is 5.69 Å². The monoisotopic (exact) mass is 325 g/mol. The summed E-state index contributed by atoms with van der Waals surface area (Å²) in [6, 6.07) is 13.0. The standard InChI is InChI=1S/C20H20FNO2/c1-3-18(16-6-9-20(23-2)19(21)14-16)15-4-7-17(8-5-15)22-10-12-24-13-11-22/h1,4-9,14,18H,10-13H2,2H3. The van der Waals surface area contributed by atoms with E-state index in [-0.39, 0.29) is 11.7 Å². The molecule has 3 rings (SSSR count). The molecular formula is C20H20FNO2. The molecule has 124 valence electrons. The zero-order valence-electron chi connectivity index (χ0n) is 13.7. The van der Waals surface area contributed by atoms with Crippen LogP contribution in [0.5, 0.6) is 5.75 Å². The first-order chi connectivity index (χ1) is 11.7. The van der Waals surface area contributed by atoms with Crippen LogP contribution in [0.3, 0.4) is 0 Å². The van der Waals surface area contributed by atoms with Crippen LogP contribution < -0.4 is 9.64 Å². The molecule has 0 saturated carbocycles. The van der Waals surface area contributed by atoms with Crippen molar-refractivity contribution in [3.05, 3.63) is 59.4 Å². The molecule has 0 spiro atoms. The van der Waals surface area contributed by atoms with E-state index in [1.165, 1.54) is 13.2 Å². The predicted octanol–water partition coefficient (Wildman–Crippen LogP) is 3.44. The van der Waals surface area contributed by atoms with Gasteiger partial charge in [0.05, 0.1) is 26.2 Å². The lowest BCUT2D eigenvalue weighted by molar-refractivity contribution is 0.122. The van der Waals surface area contributed by atoms with Crippen LogP contribution in [-0.4, -0.2) is 33.4 Å². The van der Waals surface area contributed by atoms with Crippen LogP contribution in [0.15, 0.2) is 42.5 Å². The summed E-state index contributed by atoms with van der Waals surface area (Å²) in [5.41, 5.74) is 2.87. The molecule has 3 nitrogen and oxygen atoms in total. The quantitative estimate of drug-likeness (QED) is 0.804. The molecule has 0 bridgehead atoms. The number of nitrogens with zero attached hydrogens (tertiary/aromatic N) is 1. The number of rotatable bonds is 4. The minimum atomic E-state index is -0.403. The van der Waals surface area contributed by atoms with Crippen molar-refractivity contribution in [1.82, 2.24) is 0 Å². The molecule has 1 fully saturated rings. The highest BCUT2D eigenvalue weighted by molar-refractivity contribution is 5.51. The molecule has 2 aromatic rings. The maximum absolute atomic E-state index is 14.0. The van der Waals surface area contributed by atoms with Crippen molar-refractivity contribution in [3.63, 3.8) is 0 Å². The number of ether oxygens (including phenoxy) is 2. The topological polar surface area (TPSA) is 21.7 Å². The molecule has 0 radical (unpaired) electrons. The van der Waals surface area contributed by atoms with Crippen LogP contribution in [0.2, 0.25) is 0 Å². The third kappa shape index (κ3) is 3.37. The van der Waals surface area contributed by atoms with Gasteiger partial charge >= 0.3 is 0 Å². The Labute approximate surface area is 142 Å². The van der Waals surface area contributed by atoms with Crippen molar-refractivity contribution in [2.75, 3.05) is 38.3 Å². The van der Waals surface area contributed by atoms with Gasteiger partial charge in [-0.2, -0.15) is 0 Å². The molecule has 1 aliphatic heterocycles. The van der Waals surface area contributed by atoms with Crippen molar-refractivity contribution in [3.8, 4) is 18.1 Å². The minimum Gasteiger partial charge on any atom is -0.494 e. The molecule has 4 heteroatoms. The fourth-order valence-electron chi connectivity index (χ4n) is 2.95. The van der Waals surface area contributed by atoms with Crippen molar-refractivity contribution in [2.45, 2.75) is 5.92 Å². The van der Waals surface area contributed by atoms with Crippen molar-refractivity contribution in [1.29, 1.82) is 0 Å². The van der Waals surface area contributed by atoms with E-state index in [1.807, 2.05) is 18.2 Å². The second-order valence-corrected chi connectivity index (χ2v) is 5.68. The third-order valence-corrected chi connectivity index (χ3v) is 4.28. The zero-order chi connectivity index (χ0) is 16.9. The number of benzene rings is 2. The first-order valence-electron chi connectivity index (χ1n) is 7.95. The van der Waals surface area contributed by atoms with E-state index in [0.29, 0.717) is 0 Å². The van der Waals surface area contributed by atoms with Crippen LogP contribution in [0.25, 0.3) is 0 Å². The van der Waals surface area contributed by atoms with Gasteiger partial charge in [0.1, 0.15) is 0 Å². The molecule has 1 aliphatic rings. The zero-order valence-corrected chi connectivity index (χ0v) is 13.7. The summed E-state index contributed by atoms with van der Waals surface area (Å²) in [6.45, 7) is 3.28. The Bertz CT molecular complexity index is 730. The number of hydrogen-bond acceptors (Lipinski definition) is 3. The lowest BCUT2D eigenvalue weighted by atomic mass is 9.91. The molecule has 1 saturated heterocycles. The number of terminal acetylenes is 1. The van der Waals surface area contributed by atoms with Crippen molar-refractivity contribution < 1.29 is 13.9 Å². The van der Waals surface area contributed by atoms with Gasteiger partial charge in [0.2, 0.25) is 0 Å². The van der Waals surface area contributed by atoms with Crippen LogP contribution in [0.4, 0.5) is 10.1 Å². The Balaban J connectivity index is 1.83. The molecule has 0 N–H and O–H groups in total. The molecule has 2 aromatic carbocycles. The first kappa shape index (κ1) is 16.4. The Hall–Kier alpha value is -2.51. The Morgan fingerprint density at radius 1 is 1.12 bits per heavy atom. The van der Waals surface area contributed by atoms with E-state index < -0.39 is 5.82 Å². The van der Waals surface area contributed by atoms with Gasteiger partial charge in [-0.25, -0.2) is 4.39 Å². The molecular weight excluding hydrogens is 305 g/mol. The van der Waals surface area contributed by atoms with E-state index in [1.54, 1.807) is 6.07 Å². The molecule has 24 heavy (non-hydrogen) atoms. The third-order valence-electron chi connectivity index (χ3n) is 4.28. The molecule has 1 heterocycles. The number of halogens is 1. The average molecular weight is 325 g/mol. The SMILES string of the molecule is C#CC(c1ccc(N2CCOCC2)cc1)c1ccc(OC)c(F)c1. The summed E-state index contributed by atoms with van der Waals surface area (Å²) < 4.78 is 24.3. The van der Waals surface area contributed by atoms with Crippen LogP contribution in [0.1, 0.15) is 17.0 Å². The largest absolute Gasteiger partial charge is 0.494 e. The number of methoxy groups -OCH3 is 1. The van der Waals surface area contributed by atoms with Gasteiger partial charge in [0.15, 0.2) is 11.6 Å². The summed E-state index contributed by atoms with van der Waals surface area (Å²) in [6.07, 6.45) is 5.71. The molecule has 0 aliphatic carbocycles. The van der Waals surface area contributed by atoms with Gasteiger partial charge < -0.3 is 14.4 Å². The molecule has 0 aromatic heterocycles. The van der Waals surface area contributed by atoms with Gasteiger partial charge in [-0.05, 0) is 35.4 Å². The van der Waals surface area contributed by atoms with Gasteiger partial charge in [0, 0.05) is 18.8 Å². The summed E-state index contributed by atoms with van der Waals surface area (Å²) in [5, 5.41) is 0. The van der Waals surface area contributed by atoms with Crippen LogP contribution in [-0.2, 0) is 4.74 Å². The number of hydrogen-bond donors (Lipinski definition) is 0. The Morgan fingerprint density at radius 3 is 2.38 bits per heavy atom. The highest BCUT2D eigenvalue weighted by atomic mass is 19.1. The molecule has 1 atom stereocenters. The normalized spacial score (nSPS) is 15.6. The molecule has 0 amide bonds. The number of morpholine rings is 1. The van der Waals surface area contributed by atoms with Crippen LogP contribution >= 0.6 is 0 Å². The summed E-state index contributed by atoms with van der Waals surface area (Å²) in [4.78, 5) is 2.28. The van der Waals surface area contributed by atoms with E-state index in [9.17, 15) is 4.39 Å². The maximum atomic E-state index is 14.0. The van der Waals surface area contributed by atoms with Gasteiger partial charge in [0.25, 0.3) is 0 Å². The smallest absolute Gasteiger partial charge is 0.165 e. The lowest BCUT2D eigenvalue weighted by Gasteiger charge is -2.29. The number of anilines is 1. The fourth-order valence-corrected chi connectivity index (χ4v) is 2.95. The second kappa shape index (κ2) is 7.37. The van der Waals surface area contributed by atoms with E-state index in [2.05, 4.69) is 23.0 Å². The Morgan fingerprint density at radius 2 is 1.79 bits per heavy atom. The molecule has 1 unspecified atom stereocenters. The summed E-state index contributed by atoms with van der Waals surface area (Å²) in [5.74, 6) is 2.29.